The van der Waals surface area contributed by atoms with Gasteiger partial charge >= 0.3 is 0 Å². The van der Waals surface area contributed by atoms with Crippen LogP contribution in [0.25, 0.3) is 10.8 Å². The number of carbonyl (C=O) groups is 1. The van der Waals surface area contributed by atoms with E-state index in [1.807, 2.05) is 28.7 Å². The van der Waals surface area contributed by atoms with Crippen LogP contribution in [0.3, 0.4) is 0 Å². The predicted molar refractivity (Wildman–Crippen MR) is 123 cm³/mol. The Bertz CT molecular complexity index is 920. The van der Waals surface area contributed by atoms with Gasteiger partial charge in [0, 0.05) is 30.4 Å². The van der Waals surface area contributed by atoms with E-state index in [0.29, 0.717) is 6.54 Å². The van der Waals surface area contributed by atoms with Crippen molar-refractivity contribution in [2.45, 2.75) is 24.1 Å². The van der Waals surface area contributed by atoms with Crippen molar-refractivity contribution in [2.24, 2.45) is 0 Å². The Morgan fingerprint density at radius 2 is 1.93 bits per heavy atom. The average Bonchev–Trinajstić information content (AvgIpc) is 3.29. The average molecular weight is 431 g/mol. The normalized spacial score (nSPS) is 15.6. The van der Waals surface area contributed by atoms with E-state index in [-0.39, 0.29) is 18.3 Å². The number of benzene rings is 2. The van der Waals surface area contributed by atoms with Gasteiger partial charge < -0.3 is 10.6 Å². The Hall–Kier alpha value is -2.02. The summed E-state index contributed by atoms with van der Waals surface area (Å²) in [7, 11) is 0. The number of nitrogens with one attached hydrogen (secondary N) is 2. The molecule has 1 saturated heterocycles. The molecule has 3 aromatic rings. The van der Waals surface area contributed by atoms with E-state index in [1.165, 1.54) is 16.3 Å². The first-order valence-corrected chi connectivity index (χ1v) is 11.0. The molecular weight excluding hydrogens is 404 g/mol. The smallest absolute Gasteiger partial charge is 0.248 e. The molecule has 0 spiro atoms. The lowest BCUT2D eigenvalue weighted by Crippen LogP contribution is -2.54. The molecule has 1 amide bonds. The molecule has 0 radical (unpaired) electrons. The van der Waals surface area contributed by atoms with Crippen molar-refractivity contribution in [3.63, 3.8) is 0 Å². The topological polar surface area (TPSA) is 59.0 Å². The number of nitrogens with zero attached hydrogens (tertiary/aromatic N) is 2. The summed E-state index contributed by atoms with van der Waals surface area (Å²) in [5, 5.41) is 13.5. The van der Waals surface area contributed by atoms with E-state index in [4.69, 9.17) is 0 Å². The highest BCUT2D eigenvalue weighted by Crippen LogP contribution is 2.27. The van der Waals surface area contributed by atoms with Gasteiger partial charge in [0.05, 0.1) is 0 Å². The van der Waals surface area contributed by atoms with Gasteiger partial charge in [0.2, 0.25) is 5.91 Å². The lowest BCUT2D eigenvalue weighted by Gasteiger charge is -2.36. The number of carbonyl (C=O) groups excluding carboxylic acids is 1. The highest BCUT2D eigenvalue weighted by Gasteiger charge is 2.41. The number of halogens is 1. The number of aromatic nitrogens is 2. The maximum absolute atomic E-state index is 13.0. The maximum Gasteiger partial charge on any atom is 0.248 e. The fraction of sp³-hybridized carbons (Fsp3) is 0.364. The summed E-state index contributed by atoms with van der Waals surface area (Å²) < 4.78 is 1.84. The van der Waals surface area contributed by atoms with Crippen LogP contribution in [0.5, 0.6) is 0 Å². The number of thioether (sulfide) groups is 1. The molecule has 0 atom stereocenters. The molecule has 2 N–H and O–H groups in total. The molecule has 1 aromatic heterocycles. The Balaban J connectivity index is 0.00000240. The van der Waals surface area contributed by atoms with Gasteiger partial charge in [0.1, 0.15) is 5.54 Å². The van der Waals surface area contributed by atoms with Crippen LogP contribution in [0.2, 0.25) is 0 Å². The minimum Gasteiger partial charge on any atom is -0.353 e. The van der Waals surface area contributed by atoms with E-state index in [1.54, 1.807) is 6.20 Å². The summed E-state index contributed by atoms with van der Waals surface area (Å²) in [6, 6.07) is 16.8. The zero-order chi connectivity index (χ0) is 19.2. The molecule has 0 unspecified atom stereocenters. The molecule has 2 heterocycles. The maximum atomic E-state index is 13.0. The van der Waals surface area contributed by atoms with Crippen molar-refractivity contribution in [2.75, 3.05) is 25.4 Å². The molecule has 0 bridgehead atoms. The predicted octanol–water partition coefficient (Wildman–Crippen LogP) is 3.59. The quantitative estimate of drug-likeness (QED) is 0.562. The molecular formula is C22H27ClN4OS. The number of piperidine rings is 1. The lowest BCUT2D eigenvalue weighted by atomic mass is 9.87. The summed E-state index contributed by atoms with van der Waals surface area (Å²) in [4.78, 5) is 13.0. The summed E-state index contributed by atoms with van der Waals surface area (Å²) in [5.41, 5.74) is 0.787. The van der Waals surface area contributed by atoms with Gasteiger partial charge in [0.25, 0.3) is 0 Å². The first kappa shape index (κ1) is 21.7. The van der Waals surface area contributed by atoms with Crippen molar-refractivity contribution in [3.05, 3.63) is 66.5 Å². The molecule has 29 heavy (non-hydrogen) atoms. The second-order valence-corrected chi connectivity index (χ2v) is 8.28. The zero-order valence-corrected chi connectivity index (χ0v) is 18.0. The van der Waals surface area contributed by atoms with E-state index in [0.717, 1.165) is 37.4 Å². The highest BCUT2D eigenvalue weighted by atomic mass is 35.5. The van der Waals surface area contributed by atoms with Gasteiger partial charge in [-0.1, -0.05) is 42.5 Å². The minimum absolute atomic E-state index is 0. The summed E-state index contributed by atoms with van der Waals surface area (Å²) >= 11 is 1.86. The van der Waals surface area contributed by atoms with Crippen molar-refractivity contribution in [3.8, 4) is 0 Å². The standard InChI is InChI=1S/C22H26N4OS.ClH/c27-21(22(9-12-23-13-10-22)26-15-4-11-25-26)24-14-16-28-17-19-7-3-6-18-5-1-2-8-20(18)19;/h1-8,11,15,23H,9-10,12-14,16-17H2,(H,24,27);1H. The third-order valence-corrected chi connectivity index (χ3v) is 6.47. The second-order valence-electron chi connectivity index (χ2n) is 7.18. The van der Waals surface area contributed by atoms with Crippen LogP contribution in [0.4, 0.5) is 0 Å². The van der Waals surface area contributed by atoms with Gasteiger partial charge in [-0.15, -0.1) is 12.4 Å². The Kier molecular flexibility index (Phi) is 7.58. The van der Waals surface area contributed by atoms with Crippen molar-refractivity contribution in [1.29, 1.82) is 0 Å². The SMILES string of the molecule is Cl.O=C(NCCSCc1cccc2ccccc12)C1(n2cccn2)CCNCC1. The highest BCUT2D eigenvalue weighted by molar-refractivity contribution is 7.98. The number of fused-ring (bicyclic) bond motifs is 1. The minimum atomic E-state index is -0.560. The molecule has 1 aliphatic heterocycles. The van der Waals surface area contributed by atoms with Crippen LogP contribution in [0, 0.1) is 0 Å². The number of rotatable bonds is 7. The summed E-state index contributed by atoms with van der Waals surface area (Å²) in [5.74, 6) is 1.93. The molecule has 5 nitrogen and oxygen atoms in total. The first-order valence-electron chi connectivity index (χ1n) is 9.83. The van der Waals surface area contributed by atoms with E-state index >= 15 is 0 Å². The van der Waals surface area contributed by atoms with Gasteiger partial charge in [-0.2, -0.15) is 16.9 Å². The number of hydrogen-bond acceptors (Lipinski definition) is 4. The van der Waals surface area contributed by atoms with Crippen LogP contribution in [0.1, 0.15) is 18.4 Å². The lowest BCUT2D eigenvalue weighted by molar-refractivity contribution is -0.131. The molecule has 4 rings (SSSR count). The number of amides is 1. The molecule has 0 aliphatic carbocycles. The largest absolute Gasteiger partial charge is 0.353 e. The Morgan fingerprint density at radius 1 is 1.14 bits per heavy atom. The summed E-state index contributed by atoms with van der Waals surface area (Å²) in [6.45, 7) is 2.34. The van der Waals surface area contributed by atoms with Gasteiger partial charge in [-0.05, 0) is 48.3 Å². The van der Waals surface area contributed by atoms with Crippen molar-refractivity contribution < 1.29 is 4.79 Å². The third kappa shape index (κ3) is 4.77. The van der Waals surface area contributed by atoms with Crippen LogP contribution in [0.15, 0.2) is 60.9 Å². The fourth-order valence-electron chi connectivity index (χ4n) is 3.92. The zero-order valence-electron chi connectivity index (χ0n) is 16.3. The van der Waals surface area contributed by atoms with Crippen LogP contribution in [-0.4, -0.2) is 41.1 Å². The van der Waals surface area contributed by atoms with Gasteiger partial charge in [-0.3, -0.25) is 9.48 Å². The third-order valence-electron chi connectivity index (χ3n) is 5.47. The van der Waals surface area contributed by atoms with Crippen molar-refractivity contribution >= 4 is 40.8 Å². The van der Waals surface area contributed by atoms with Crippen LogP contribution < -0.4 is 10.6 Å². The molecule has 1 fully saturated rings. The molecule has 154 valence electrons. The Labute approximate surface area is 182 Å². The monoisotopic (exact) mass is 430 g/mol. The van der Waals surface area contributed by atoms with E-state index in [2.05, 4.69) is 58.2 Å². The molecule has 7 heteroatoms. The van der Waals surface area contributed by atoms with E-state index < -0.39 is 5.54 Å². The van der Waals surface area contributed by atoms with E-state index in [9.17, 15) is 4.79 Å². The molecule has 0 saturated carbocycles. The Morgan fingerprint density at radius 3 is 2.72 bits per heavy atom. The second kappa shape index (κ2) is 10.1. The number of hydrogen-bond donors (Lipinski definition) is 2. The van der Waals surface area contributed by atoms with Crippen molar-refractivity contribution in [1.82, 2.24) is 20.4 Å². The first-order chi connectivity index (χ1) is 13.8. The summed E-state index contributed by atoms with van der Waals surface area (Å²) in [6.07, 6.45) is 5.19. The fourth-order valence-corrected chi connectivity index (χ4v) is 4.79. The van der Waals surface area contributed by atoms with Gasteiger partial charge in [0.15, 0.2) is 0 Å². The van der Waals surface area contributed by atoms with Crippen LogP contribution >= 0.6 is 24.2 Å². The van der Waals surface area contributed by atoms with Crippen LogP contribution in [-0.2, 0) is 16.1 Å². The molecule has 1 aliphatic rings. The van der Waals surface area contributed by atoms with Gasteiger partial charge in [-0.25, -0.2) is 0 Å². The molecule has 2 aromatic carbocycles.